The van der Waals surface area contributed by atoms with Crippen molar-refractivity contribution in [3.63, 3.8) is 0 Å². The van der Waals surface area contributed by atoms with Crippen molar-refractivity contribution in [1.29, 1.82) is 5.26 Å². The number of rotatable bonds is 8. The van der Waals surface area contributed by atoms with Gasteiger partial charge in [0.25, 0.3) is 0 Å². The second kappa shape index (κ2) is 9.78. The highest BCUT2D eigenvalue weighted by molar-refractivity contribution is 8.00. The van der Waals surface area contributed by atoms with Crippen LogP contribution in [-0.4, -0.2) is 57.3 Å². The number of hydrogen-bond donors (Lipinski definition) is 2. The van der Waals surface area contributed by atoms with Gasteiger partial charge in [-0.1, -0.05) is 30.3 Å². The minimum absolute atomic E-state index is 0.0350. The van der Waals surface area contributed by atoms with E-state index in [0.717, 1.165) is 23.5 Å². The van der Waals surface area contributed by atoms with Crippen LogP contribution in [0.25, 0.3) is 0 Å². The monoisotopic (exact) mass is 407 g/mol. The molecule has 0 unspecified atom stereocenters. The van der Waals surface area contributed by atoms with Gasteiger partial charge in [0.1, 0.15) is 18.3 Å². The SMILES string of the molecule is CC(C)(SCCCc1ccccc1)[C@H](NC(=O)O)C(=O)N1C[C@@H](F)C[C@H]1C#N. The maximum atomic E-state index is 13.7. The fourth-order valence-electron chi connectivity index (χ4n) is 3.31. The molecule has 0 spiro atoms. The predicted molar refractivity (Wildman–Crippen MR) is 107 cm³/mol. The van der Waals surface area contributed by atoms with Gasteiger partial charge in [-0.25, -0.2) is 9.18 Å². The Labute approximate surface area is 169 Å². The normalized spacial score (nSPS) is 20.4. The number of nitrogens with one attached hydrogen (secondary N) is 1. The van der Waals surface area contributed by atoms with E-state index in [2.05, 4.69) is 17.4 Å². The zero-order chi connectivity index (χ0) is 20.7. The molecule has 2 rings (SSSR count). The van der Waals surface area contributed by atoms with Gasteiger partial charge in [-0.3, -0.25) is 4.79 Å². The van der Waals surface area contributed by atoms with E-state index in [0.29, 0.717) is 0 Å². The summed E-state index contributed by atoms with van der Waals surface area (Å²) in [5, 5.41) is 20.7. The van der Waals surface area contributed by atoms with Gasteiger partial charge in [0, 0.05) is 11.2 Å². The van der Waals surface area contributed by atoms with E-state index in [-0.39, 0.29) is 13.0 Å². The van der Waals surface area contributed by atoms with Crippen molar-refractivity contribution in [1.82, 2.24) is 10.2 Å². The molecule has 1 heterocycles. The third-order valence-corrected chi connectivity index (χ3v) is 6.29. The number of carbonyl (C=O) groups is 2. The molecular weight excluding hydrogens is 381 g/mol. The Kier molecular flexibility index (Phi) is 7.69. The van der Waals surface area contributed by atoms with Crippen molar-refractivity contribution in [2.45, 2.75) is 56.1 Å². The summed E-state index contributed by atoms with van der Waals surface area (Å²) >= 11 is 1.49. The Hall–Kier alpha value is -2.27. The minimum Gasteiger partial charge on any atom is -0.465 e. The quantitative estimate of drug-likeness (QED) is 0.646. The van der Waals surface area contributed by atoms with E-state index in [1.54, 1.807) is 13.8 Å². The Morgan fingerprint density at radius 2 is 2.11 bits per heavy atom. The van der Waals surface area contributed by atoms with Gasteiger partial charge in [0.15, 0.2) is 0 Å². The number of benzene rings is 1. The van der Waals surface area contributed by atoms with Crippen molar-refractivity contribution in [3.8, 4) is 6.07 Å². The van der Waals surface area contributed by atoms with E-state index in [1.807, 2.05) is 24.3 Å². The zero-order valence-electron chi connectivity index (χ0n) is 16.1. The van der Waals surface area contributed by atoms with E-state index in [4.69, 9.17) is 0 Å². The van der Waals surface area contributed by atoms with E-state index in [9.17, 15) is 24.3 Å². The van der Waals surface area contributed by atoms with Gasteiger partial charge < -0.3 is 15.3 Å². The van der Waals surface area contributed by atoms with Gasteiger partial charge in [-0.2, -0.15) is 17.0 Å². The van der Waals surface area contributed by atoms with E-state index < -0.39 is 35.0 Å². The fraction of sp³-hybridized carbons (Fsp3) is 0.550. The molecule has 0 aromatic heterocycles. The van der Waals surface area contributed by atoms with Gasteiger partial charge in [-0.15, -0.1) is 0 Å². The fourth-order valence-corrected chi connectivity index (χ4v) is 4.45. The maximum Gasteiger partial charge on any atom is 0.405 e. The number of halogens is 1. The molecule has 28 heavy (non-hydrogen) atoms. The minimum atomic E-state index is -1.32. The Morgan fingerprint density at radius 1 is 1.43 bits per heavy atom. The largest absolute Gasteiger partial charge is 0.465 e. The van der Waals surface area contributed by atoms with Crippen molar-refractivity contribution in [3.05, 3.63) is 35.9 Å². The summed E-state index contributed by atoms with van der Waals surface area (Å²) < 4.78 is 13.0. The number of nitriles is 1. The first-order valence-electron chi connectivity index (χ1n) is 9.26. The van der Waals surface area contributed by atoms with Crippen molar-refractivity contribution >= 4 is 23.8 Å². The number of amides is 2. The molecule has 0 radical (unpaired) electrons. The molecule has 1 aliphatic rings. The average molecular weight is 408 g/mol. The first kappa shape index (κ1) is 22.0. The Bertz CT molecular complexity index is 723. The molecule has 8 heteroatoms. The molecule has 3 atom stereocenters. The topological polar surface area (TPSA) is 93.4 Å². The third kappa shape index (κ3) is 5.86. The second-order valence-corrected chi connectivity index (χ2v) is 9.14. The van der Waals surface area contributed by atoms with E-state index in [1.165, 1.54) is 17.3 Å². The van der Waals surface area contributed by atoms with Crippen molar-refractivity contribution in [2.24, 2.45) is 0 Å². The molecule has 1 aliphatic heterocycles. The standard InChI is InChI=1S/C20H26FN3O3S/c1-20(2,28-10-6-9-14-7-4-3-5-8-14)17(23-19(26)27)18(25)24-13-15(21)11-16(24)12-22/h3-5,7-8,15-17,23H,6,9-11,13H2,1-2H3,(H,26,27)/t15-,16-,17+/m0/s1. The van der Waals surface area contributed by atoms with Crippen LogP contribution in [0.3, 0.4) is 0 Å². The van der Waals surface area contributed by atoms with Crippen LogP contribution in [0.15, 0.2) is 30.3 Å². The van der Waals surface area contributed by atoms with Gasteiger partial charge in [-0.05, 0) is 38.0 Å². The summed E-state index contributed by atoms with van der Waals surface area (Å²) in [5.41, 5.74) is 1.22. The van der Waals surface area contributed by atoms with Gasteiger partial charge in [0.2, 0.25) is 5.91 Å². The summed E-state index contributed by atoms with van der Waals surface area (Å²) in [6.45, 7) is 3.41. The smallest absolute Gasteiger partial charge is 0.405 e. The second-order valence-electron chi connectivity index (χ2n) is 7.39. The van der Waals surface area contributed by atoms with Crippen LogP contribution in [0, 0.1) is 11.3 Å². The lowest BCUT2D eigenvalue weighted by Gasteiger charge is -2.35. The highest BCUT2D eigenvalue weighted by Crippen LogP contribution is 2.32. The molecule has 6 nitrogen and oxygen atoms in total. The van der Waals surface area contributed by atoms with Gasteiger partial charge in [0.05, 0.1) is 12.6 Å². The van der Waals surface area contributed by atoms with Crippen LogP contribution >= 0.6 is 11.8 Å². The third-order valence-electron chi connectivity index (χ3n) is 4.82. The molecule has 1 aromatic carbocycles. The highest BCUT2D eigenvalue weighted by Gasteiger charge is 2.44. The maximum absolute atomic E-state index is 13.7. The van der Waals surface area contributed by atoms with Crippen molar-refractivity contribution in [2.75, 3.05) is 12.3 Å². The molecule has 0 bridgehead atoms. The molecule has 2 N–H and O–H groups in total. The van der Waals surface area contributed by atoms with E-state index >= 15 is 0 Å². The molecule has 1 fully saturated rings. The van der Waals surface area contributed by atoms with Crippen molar-refractivity contribution < 1.29 is 19.1 Å². The Balaban J connectivity index is 2.02. The summed E-state index contributed by atoms with van der Waals surface area (Å²) in [6, 6.07) is 10.0. The summed E-state index contributed by atoms with van der Waals surface area (Å²) in [4.78, 5) is 25.4. The molecule has 0 aliphatic carbocycles. The number of carboxylic acid groups (broad SMARTS) is 1. The summed E-state index contributed by atoms with van der Waals surface area (Å²) in [6.07, 6.45) is -0.849. The highest BCUT2D eigenvalue weighted by atomic mass is 32.2. The number of alkyl halides is 1. The lowest BCUT2D eigenvalue weighted by molar-refractivity contribution is -0.134. The number of nitrogens with zero attached hydrogens (tertiary/aromatic N) is 2. The first-order valence-corrected chi connectivity index (χ1v) is 10.2. The molecule has 1 aromatic rings. The zero-order valence-corrected chi connectivity index (χ0v) is 16.9. The predicted octanol–water partition coefficient (Wildman–Crippen LogP) is 3.23. The molecule has 1 saturated heterocycles. The molecule has 152 valence electrons. The van der Waals surface area contributed by atoms with Crippen LogP contribution < -0.4 is 5.32 Å². The average Bonchev–Trinajstić information content (AvgIpc) is 3.04. The number of hydrogen-bond acceptors (Lipinski definition) is 4. The Morgan fingerprint density at radius 3 is 2.71 bits per heavy atom. The lowest BCUT2D eigenvalue weighted by atomic mass is 10.0. The number of thioether (sulfide) groups is 1. The lowest BCUT2D eigenvalue weighted by Crippen LogP contribution is -2.58. The van der Waals surface area contributed by atoms with Crippen LogP contribution in [0.5, 0.6) is 0 Å². The van der Waals surface area contributed by atoms with Crippen LogP contribution in [0.4, 0.5) is 9.18 Å². The van der Waals surface area contributed by atoms with Crippen LogP contribution in [0.2, 0.25) is 0 Å². The number of aryl methyl sites for hydroxylation is 1. The van der Waals surface area contributed by atoms with Gasteiger partial charge >= 0.3 is 6.09 Å². The number of carbonyl (C=O) groups excluding carboxylic acids is 1. The summed E-state index contributed by atoms with van der Waals surface area (Å²) in [5.74, 6) is 0.190. The molecule has 2 amide bonds. The first-order chi connectivity index (χ1) is 13.2. The molecule has 0 saturated carbocycles. The van der Waals surface area contributed by atoms with Crippen LogP contribution in [-0.2, 0) is 11.2 Å². The number of likely N-dealkylation sites (tertiary alicyclic amines) is 1. The van der Waals surface area contributed by atoms with Crippen LogP contribution in [0.1, 0.15) is 32.3 Å². The summed E-state index contributed by atoms with van der Waals surface area (Å²) in [7, 11) is 0. The molecular formula is C20H26FN3O3S.